The molecule has 4 heteroatoms. The molecule has 19 heavy (non-hydrogen) atoms. The average molecular weight is 271 g/mol. The second-order valence-corrected chi connectivity index (χ2v) is 4.49. The van der Waals surface area contributed by atoms with E-state index < -0.39 is 0 Å². The zero-order chi connectivity index (χ0) is 13.8. The maximum absolute atomic E-state index is 12.2. The number of hydrogen-bond acceptors (Lipinski definition) is 3. The van der Waals surface area contributed by atoms with Crippen LogP contribution in [0.25, 0.3) is 0 Å². The summed E-state index contributed by atoms with van der Waals surface area (Å²) in [6.07, 6.45) is 0. The van der Waals surface area contributed by atoms with Crippen molar-refractivity contribution in [3.63, 3.8) is 0 Å². The third-order valence-corrected chi connectivity index (χ3v) is 3.12. The predicted molar refractivity (Wildman–Crippen MR) is 78.7 cm³/mol. The van der Waals surface area contributed by atoms with Crippen molar-refractivity contribution in [2.24, 2.45) is 0 Å². The first-order valence-corrected chi connectivity index (χ1v) is 6.19. The molecule has 0 N–H and O–H groups in total. The highest BCUT2D eigenvalue weighted by Gasteiger charge is 2.14. The molecule has 0 atom stereocenters. The van der Waals surface area contributed by atoms with Gasteiger partial charge in [0.05, 0.1) is 5.69 Å². The van der Waals surface area contributed by atoms with Gasteiger partial charge in [-0.2, -0.15) is 0 Å². The summed E-state index contributed by atoms with van der Waals surface area (Å²) in [5.74, 6) is -0.277. The molecular weight excluding hydrogens is 258 g/mol. The van der Waals surface area contributed by atoms with Gasteiger partial charge in [-0.1, -0.05) is 43.1 Å². The van der Waals surface area contributed by atoms with Crippen molar-refractivity contribution in [1.82, 2.24) is 0 Å². The van der Waals surface area contributed by atoms with Crippen LogP contribution in [-0.2, 0) is 0 Å². The van der Waals surface area contributed by atoms with Crippen LogP contribution in [0.2, 0.25) is 0 Å². The second kappa shape index (κ2) is 5.71. The maximum Gasteiger partial charge on any atom is 0.268 e. The third kappa shape index (κ3) is 3.03. The summed E-state index contributed by atoms with van der Waals surface area (Å²) in [5.41, 5.74) is 1.67. The number of hydrogen-bond donors (Lipinski definition) is 1. The van der Waals surface area contributed by atoms with Gasteiger partial charge in [-0.3, -0.25) is 13.9 Å². The second-order valence-electron chi connectivity index (χ2n) is 4.09. The average Bonchev–Trinajstić information content (AvgIpc) is 2.46. The van der Waals surface area contributed by atoms with Crippen molar-refractivity contribution < 1.29 is 9.59 Å². The van der Waals surface area contributed by atoms with Crippen molar-refractivity contribution in [1.29, 1.82) is 0 Å². The minimum absolute atomic E-state index is 0.0456. The summed E-state index contributed by atoms with van der Waals surface area (Å²) in [4.78, 5) is 23.5. The Morgan fingerprint density at radius 3 is 2.21 bits per heavy atom. The van der Waals surface area contributed by atoms with Crippen LogP contribution in [-0.4, -0.2) is 11.7 Å². The van der Waals surface area contributed by atoms with Crippen molar-refractivity contribution in [3.8, 4) is 0 Å². The first kappa shape index (κ1) is 13.4. The molecular formula is C15H13NO2S. The lowest BCUT2D eigenvalue weighted by atomic mass is 10.1. The van der Waals surface area contributed by atoms with Crippen LogP contribution >= 0.6 is 12.8 Å². The molecule has 0 spiro atoms. The van der Waals surface area contributed by atoms with Crippen molar-refractivity contribution in [2.45, 2.75) is 6.92 Å². The largest absolute Gasteiger partial charge is 0.295 e. The molecule has 1 amide bonds. The lowest BCUT2D eigenvalue weighted by Gasteiger charge is -2.16. The monoisotopic (exact) mass is 271 g/mol. The molecule has 3 nitrogen and oxygen atoms in total. The Labute approximate surface area is 117 Å². The van der Waals surface area contributed by atoms with Gasteiger partial charge in [0.1, 0.15) is 0 Å². The number of anilines is 1. The molecule has 0 radical (unpaired) electrons. The highest BCUT2D eigenvalue weighted by molar-refractivity contribution is 7.82. The quantitative estimate of drug-likeness (QED) is 0.686. The van der Waals surface area contributed by atoms with Crippen molar-refractivity contribution >= 4 is 30.2 Å². The highest BCUT2D eigenvalue weighted by atomic mass is 32.1. The van der Waals surface area contributed by atoms with E-state index in [4.69, 9.17) is 0 Å². The fourth-order valence-electron chi connectivity index (χ4n) is 1.68. The fraction of sp³-hybridized carbons (Fsp3) is 0.0667. The van der Waals surface area contributed by atoms with E-state index in [1.54, 1.807) is 48.5 Å². The Bertz CT molecular complexity index is 611. The van der Waals surface area contributed by atoms with Crippen LogP contribution in [0.15, 0.2) is 54.6 Å². The SMILES string of the molecule is CC(=O)c1cccc(N(S)C(=O)c2ccccc2)c1. The van der Waals surface area contributed by atoms with E-state index in [0.29, 0.717) is 16.8 Å². The van der Waals surface area contributed by atoms with Crippen LogP contribution in [0.1, 0.15) is 27.6 Å². The first-order valence-electron chi connectivity index (χ1n) is 5.79. The number of nitrogens with zero attached hydrogens (tertiary/aromatic N) is 1. The van der Waals surface area contributed by atoms with Gasteiger partial charge >= 0.3 is 0 Å². The Hall–Kier alpha value is -2.07. The number of ketones is 1. The van der Waals surface area contributed by atoms with E-state index in [2.05, 4.69) is 12.8 Å². The lowest BCUT2D eigenvalue weighted by molar-refractivity contribution is 0.0999. The fourth-order valence-corrected chi connectivity index (χ4v) is 1.92. The summed E-state index contributed by atoms with van der Waals surface area (Å²) < 4.78 is 1.24. The Morgan fingerprint density at radius 1 is 0.947 bits per heavy atom. The number of amides is 1. The molecule has 0 saturated heterocycles. The van der Waals surface area contributed by atoms with Crippen LogP contribution in [0.5, 0.6) is 0 Å². The normalized spacial score (nSPS) is 10.0. The number of Topliss-reactive ketones (excluding diaryl/α,β-unsaturated/α-hetero) is 1. The highest BCUT2D eigenvalue weighted by Crippen LogP contribution is 2.20. The predicted octanol–water partition coefficient (Wildman–Crippen LogP) is 3.38. The van der Waals surface area contributed by atoms with Crippen LogP contribution in [0.4, 0.5) is 5.69 Å². The zero-order valence-corrected chi connectivity index (χ0v) is 11.3. The lowest BCUT2D eigenvalue weighted by Crippen LogP contribution is -2.21. The summed E-state index contributed by atoms with van der Waals surface area (Å²) >= 11 is 4.21. The van der Waals surface area contributed by atoms with Crippen molar-refractivity contribution in [2.75, 3.05) is 4.31 Å². The van der Waals surface area contributed by atoms with Crippen LogP contribution in [0, 0.1) is 0 Å². The van der Waals surface area contributed by atoms with Gasteiger partial charge in [0, 0.05) is 11.1 Å². The Morgan fingerprint density at radius 2 is 1.58 bits per heavy atom. The van der Waals surface area contributed by atoms with E-state index in [1.807, 2.05) is 6.07 Å². The van der Waals surface area contributed by atoms with Gasteiger partial charge in [-0.05, 0) is 31.2 Å². The first-order chi connectivity index (χ1) is 9.09. The van der Waals surface area contributed by atoms with Gasteiger partial charge in [0.15, 0.2) is 5.78 Å². The molecule has 2 aromatic carbocycles. The molecule has 2 rings (SSSR count). The number of benzene rings is 2. The molecule has 96 valence electrons. The molecule has 0 aliphatic heterocycles. The van der Waals surface area contributed by atoms with Crippen LogP contribution < -0.4 is 4.31 Å². The Balaban J connectivity index is 2.29. The summed E-state index contributed by atoms with van der Waals surface area (Å²) in [7, 11) is 0. The number of rotatable bonds is 3. The van der Waals surface area contributed by atoms with Crippen molar-refractivity contribution in [3.05, 3.63) is 65.7 Å². The van der Waals surface area contributed by atoms with E-state index >= 15 is 0 Å². The summed E-state index contributed by atoms with van der Waals surface area (Å²) in [6, 6.07) is 15.7. The molecule has 0 aliphatic carbocycles. The van der Waals surface area contributed by atoms with E-state index in [1.165, 1.54) is 11.2 Å². The number of carbonyl (C=O) groups is 2. The molecule has 0 bridgehead atoms. The molecule has 0 fully saturated rings. The zero-order valence-electron chi connectivity index (χ0n) is 10.4. The van der Waals surface area contributed by atoms with Gasteiger partial charge in [0.25, 0.3) is 5.91 Å². The third-order valence-electron chi connectivity index (χ3n) is 2.71. The van der Waals surface area contributed by atoms with Crippen LogP contribution in [0.3, 0.4) is 0 Å². The van der Waals surface area contributed by atoms with Gasteiger partial charge in [-0.25, -0.2) is 0 Å². The molecule has 0 heterocycles. The molecule has 0 saturated carbocycles. The summed E-state index contributed by atoms with van der Waals surface area (Å²) in [6.45, 7) is 1.49. The molecule has 0 unspecified atom stereocenters. The summed E-state index contributed by atoms with van der Waals surface area (Å²) in [5, 5.41) is 0. The van der Waals surface area contributed by atoms with Gasteiger partial charge in [-0.15, -0.1) is 0 Å². The van der Waals surface area contributed by atoms with E-state index in [9.17, 15) is 9.59 Å². The van der Waals surface area contributed by atoms with E-state index in [0.717, 1.165) is 0 Å². The minimum Gasteiger partial charge on any atom is -0.295 e. The molecule has 0 aromatic heterocycles. The van der Waals surface area contributed by atoms with E-state index in [-0.39, 0.29) is 11.7 Å². The minimum atomic E-state index is -0.232. The van der Waals surface area contributed by atoms with Gasteiger partial charge in [0.2, 0.25) is 0 Å². The maximum atomic E-state index is 12.2. The number of carbonyl (C=O) groups excluding carboxylic acids is 2. The van der Waals surface area contributed by atoms with Gasteiger partial charge < -0.3 is 0 Å². The Kier molecular flexibility index (Phi) is 4.02. The topological polar surface area (TPSA) is 37.4 Å². The smallest absolute Gasteiger partial charge is 0.268 e. The number of thiol groups is 1. The molecule has 0 aliphatic rings. The molecule has 2 aromatic rings. The standard InChI is InChI=1S/C15H13NO2S/c1-11(17)13-8-5-9-14(10-13)16(19)15(18)12-6-3-2-4-7-12/h2-10,19H,1H3.